The van der Waals surface area contributed by atoms with Crippen LogP contribution in [0.25, 0.3) is 0 Å². The minimum atomic E-state index is -0.806. The van der Waals surface area contributed by atoms with Gasteiger partial charge in [-0.05, 0) is 130 Å². The summed E-state index contributed by atoms with van der Waals surface area (Å²) >= 11 is 0. The number of unbranched alkanes of at least 4 members (excludes halogenated alkanes) is 7. The van der Waals surface area contributed by atoms with Gasteiger partial charge in [0.25, 0.3) is 0 Å². The number of aliphatic hydroxyl groups excluding tert-OH is 14. The molecule has 0 spiro atoms. The molecule has 0 aromatic heterocycles. The van der Waals surface area contributed by atoms with Crippen LogP contribution in [0, 0.1) is 5.41 Å². The number of nitrogens with two attached hydrogens (primary N) is 10. The molecule has 1 fully saturated rings. The van der Waals surface area contributed by atoms with Crippen LogP contribution in [0.5, 0.6) is 0 Å². The predicted molar refractivity (Wildman–Crippen MR) is 311 cm³/mol. The van der Waals surface area contributed by atoms with Gasteiger partial charge in [0.15, 0.2) is 0 Å². The lowest BCUT2D eigenvalue weighted by Gasteiger charge is -2.21. The van der Waals surface area contributed by atoms with Crippen LogP contribution >= 0.6 is 0 Å². The van der Waals surface area contributed by atoms with Gasteiger partial charge in [0.05, 0.1) is 95.4 Å². The quantitative estimate of drug-likeness (QED) is 0.0299. The standard InChI is InChI=1S/C6H13NO.C6H15NO.C5H13NO2.2C5H13NO.C5H13N.2C4H11NO2.C4H11NO.2C3H9NO2/c7-5-1-3-6(8)4-2-5;7-5-3-1-2-4-6-8;1-2-5(6,3-7)4-8;1-5(2,3-6)4-7;6-4-2-1-3-5-7;1-3-4-5-6-2;1-4(5,2-6)3-7;5-1-3-7-4-2-6;5-3-1-2-4-6;4-3(1-5)2-6;4-1-3(6)2-5/h5-6,8H,1-4,7H2;8H,1-7H2;7-8H,2-4,6H2,1H3;7H,3-4,6H2,1-2H3;7H,1-6H2;6H,3-5H2,1-2H3;6-7H,2-3,5H2,1H3;6H,1-5H2;6H,1-5H2;2*3,5-6H,1-2,4H2. The van der Waals surface area contributed by atoms with Crippen molar-refractivity contribution in [3.05, 3.63) is 0 Å². The van der Waals surface area contributed by atoms with Crippen molar-refractivity contribution in [3.8, 4) is 0 Å². The maximum Gasteiger partial charge on any atom is 0.0892 e. The Bertz CT molecular complexity index is 813. The zero-order valence-electron chi connectivity index (χ0n) is 48.9. The molecule has 476 valence electrons. The third-order valence-corrected chi connectivity index (χ3v) is 9.59. The van der Waals surface area contributed by atoms with Crippen LogP contribution in [-0.4, -0.2) is 252 Å². The first kappa shape index (κ1) is 97.2. The van der Waals surface area contributed by atoms with Crippen molar-refractivity contribution in [2.24, 2.45) is 62.8 Å². The van der Waals surface area contributed by atoms with E-state index < -0.39 is 23.2 Å². The number of rotatable bonds is 30. The molecule has 1 unspecified atom stereocenters. The Morgan fingerprint density at radius 2 is 0.947 bits per heavy atom. The largest absolute Gasteiger partial charge is 0.396 e. The van der Waals surface area contributed by atoms with E-state index in [1.165, 1.54) is 12.8 Å². The first-order valence-corrected chi connectivity index (χ1v) is 27.1. The van der Waals surface area contributed by atoms with Crippen molar-refractivity contribution < 1.29 is 76.2 Å². The van der Waals surface area contributed by atoms with Gasteiger partial charge in [-0.25, -0.2) is 0 Å². The van der Waals surface area contributed by atoms with E-state index in [1.54, 1.807) is 6.92 Å². The summed E-state index contributed by atoms with van der Waals surface area (Å²) in [7, 11) is 1.98. The molecule has 0 aliphatic heterocycles. The lowest BCUT2D eigenvalue weighted by Crippen LogP contribution is -2.46. The monoisotopic (exact) mass is 1130 g/mol. The van der Waals surface area contributed by atoms with Gasteiger partial charge >= 0.3 is 0 Å². The molecule has 0 amide bonds. The maximum absolute atomic E-state index is 8.97. The van der Waals surface area contributed by atoms with Gasteiger partial charge in [-0.15, -0.1) is 0 Å². The van der Waals surface area contributed by atoms with Gasteiger partial charge in [-0.1, -0.05) is 47.0 Å². The Labute approximate surface area is 461 Å². The summed E-state index contributed by atoms with van der Waals surface area (Å²) in [6, 6.07) is -0.0941. The Balaban J connectivity index is -0.0000000790. The van der Waals surface area contributed by atoms with Crippen molar-refractivity contribution in [2.45, 2.75) is 173 Å². The van der Waals surface area contributed by atoms with E-state index in [2.05, 4.69) is 12.2 Å². The second-order valence-electron chi connectivity index (χ2n) is 18.6. The highest BCUT2D eigenvalue weighted by Gasteiger charge is 2.19. The van der Waals surface area contributed by atoms with E-state index in [1.807, 2.05) is 27.8 Å². The Morgan fingerprint density at radius 3 is 1.12 bits per heavy atom. The molecule has 0 heterocycles. The van der Waals surface area contributed by atoms with Crippen LogP contribution in [0.15, 0.2) is 0 Å². The third kappa shape index (κ3) is 116. The second-order valence-corrected chi connectivity index (χ2v) is 18.6. The first-order valence-electron chi connectivity index (χ1n) is 27.1. The van der Waals surface area contributed by atoms with Crippen molar-refractivity contribution >= 4 is 0 Å². The van der Waals surface area contributed by atoms with Gasteiger partial charge < -0.3 is 139 Å². The molecule has 26 nitrogen and oxygen atoms in total. The van der Waals surface area contributed by atoms with Crippen LogP contribution in [0.1, 0.15) is 137 Å². The smallest absolute Gasteiger partial charge is 0.0892 e. The lowest BCUT2D eigenvalue weighted by atomic mass is 9.94. The molecule has 1 aliphatic carbocycles. The molecule has 26 heteroatoms. The molecule has 0 aromatic rings. The maximum atomic E-state index is 8.97. The summed E-state index contributed by atoms with van der Waals surface area (Å²) in [5.41, 5.74) is 50.2. The SMILES string of the molecule is CC(C)(CN)CO.CC(N)(CO)CO.CCC(N)(CO)CO.CCCCNC.NC(CO)CO.NC1CCC(O)CC1.NCC(O)CO.NCCCCCCO.NCCCCCO.NCCCCO.NCCOCCO. The Hall–Kier alpha value is -1.04. The third-order valence-electron chi connectivity index (χ3n) is 9.59. The molecule has 0 saturated heterocycles. The van der Waals surface area contributed by atoms with Crippen LogP contribution in [0.2, 0.25) is 0 Å². The fourth-order valence-electron chi connectivity index (χ4n) is 3.52. The molecule has 1 atom stereocenters. The Morgan fingerprint density at radius 1 is 0.539 bits per heavy atom. The van der Waals surface area contributed by atoms with Crippen LogP contribution in [0.3, 0.4) is 0 Å². The summed E-state index contributed by atoms with van der Waals surface area (Å²) in [5.74, 6) is 0. The number of hydrogen-bond donors (Lipinski definition) is 25. The van der Waals surface area contributed by atoms with E-state index in [-0.39, 0.29) is 84.1 Å². The van der Waals surface area contributed by atoms with E-state index in [4.69, 9.17) is 134 Å². The zero-order chi connectivity index (χ0) is 61.4. The fraction of sp³-hybridized carbons (Fsp3) is 1.00. The molecule has 1 aliphatic rings. The molecular formula is C50H131N11O15. The van der Waals surface area contributed by atoms with Crippen LogP contribution < -0.4 is 62.7 Å². The second kappa shape index (κ2) is 85.2. The summed E-state index contributed by atoms with van der Waals surface area (Å²) in [4.78, 5) is 0. The van der Waals surface area contributed by atoms with Crippen molar-refractivity contribution in [1.29, 1.82) is 0 Å². The van der Waals surface area contributed by atoms with Crippen molar-refractivity contribution in [2.75, 3.05) is 145 Å². The van der Waals surface area contributed by atoms with E-state index in [9.17, 15) is 0 Å². The van der Waals surface area contributed by atoms with E-state index in [0.29, 0.717) is 58.5 Å². The minimum Gasteiger partial charge on any atom is -0.396 e. The molecule has 0 aromatic carbocycles. The number of hydrogen-bond acceptors (Lipinski definition) is 26. The van der Waals surface area contributed by atoms with Gasteiger partial charge in [-0.2, -0.15) is 0 Å². The summed E-state index contributed by atoms with van der Waals surface area (Å²) in [5, 5.41) is 119. The topological polar surface area (TPSA) is 565 Å². The fourth-order valence-corrected chi connectivity index (χ4v) is 3.52. The Kier molecular flexibility index (Phi) is 109. The van der Waals surface area contributed by atoms with E-state index >= 15 is 0 Å². The lowest BCUT2D eigenvalue weighted by molar-refractivity contribution is 0.0976. The van der Waals surface area contributed by atoms with E-state index in [0.717, 1.165) is 103 Å². The zero-order valence-corrected chi connectivity index (χ0v) is 48.9. The van der Waals surface area contributed by atoms with Gasteiger partial charge in [-0.3, -0.25) is 0 Å². The summed E-state index contributed by atoms with van der Waals surface area (Å²) in [6.07, 6.45) is 15.3. The molecule has 0 bridgehead atoms. The minimum absolute atomic E-state index is 0.0604. The molecule has 1 saturated carbocycles. The van der Waals surface area contributed by atoms with Gasteiger partial charge in [0.1, 0.15) is 0 Å². The highest BCUT2D eigenvalue weighted by Crippen LogP contribution is 2.16. The number of aliphatic hydroxyl groups is 14. The molecule has 0 radical (unpaired) electrons. The van der Waals surface area contributed by atoms with Gasteiger partial charge in [0, 0.05) is 51.0 Å². The number of ether oxygens (including phenoxy) is 1. The van der Waals surface area contributed by atoms with Crippen molar-refractivity contribution in [1.82, 2.24) is 5.32 Å². The van der Waals surface area contributed by atoms with Gasteiger partial charge in [0.2, 0.25) is 0 Å². The average Bonchev–Trinajstić information content (AvgIpc) is 3.45. The van der Waals surface area contributed by atoms with Crippen LogP contribution in [0.4, 0.5) is 0 Å². The normalized spacial score (nSPS) is 13.8. The highest BCUT2D eigenvalue weighted by atomic mass is 16.5. The molecule has 76 heavy (non-hydrogen) atoms. The van der Waals surface area contributed by atoms with Crippen molar-refractivity contribution in [3.63, 3.8) is 0 Å². The first-order chi connectivity index (χ1) is 35.9. The summed E-state index contributed by atoms with van der Waals surface area (Å²) < 4.78 is 4.76. The number of nitrogens with one attached hydrogen (secondary N) is 1. The highest BCUT2D eigenvalue weighted by molar-refractivity contribution is 4.79. The average molecular weight is 1130 g/mol. The molecule has 1 rings (SSSR count). The summed E-state index contributed by atoms with van der Waals surface area (Å²) in [6.45, 7) is 15.0. The molecular weight excluding hydrogens is 995 g/mol. The molecule has 35 N–H and O–H groups in total. The van der Waals surface area contributed by atoms with Crippen LogP contribution in [-0.2, 0) is 4.74 Å². The predicted octanol–water partition coefficient (Wildman–Crippen LogP) is -5.14.